The number of hydrogen-bond donors (Lipinski definition) is 1. The first kappa shape index (κ1) is 9.76. The fourth-order valence-corrected chi connectivity index (χ4v) is 0.770. The molecule has 1 rings (SSSR count). The third-order valence-corrected chi connectivity index (χ3v) is 1.76. The van der Waals surface area contributed by atoms with Gasteiger partial charge in [0.05, 0.1) is 6.04 Å². The Kier molecular flexibility index (Phi) is 3.48. The summed E-state index contributed by atoms with van der Waals surface area (Å²) < 4.78 is 0. The smallest absolute Gasteiger partial charge is 0.0691 e. The topological polar surface area (TPSA) is 38.9 Å². The Labute approximate surface area is 79.2 Å². The van der Waals surface area contributed by atoms with Crippen LogP contribution in [0.2, 0.25) is 0 Å². The van der Waals surface area contributed by atoms with Crippen molar-refractivity contribution in [1.29, 1.82) is 0 Å². The van der Waals surface area contributed by atoms with Gasteiger partial charge in [-0.05, 0) is 18.1 Å². The molecule has 13 heavy (non-hydrogen) atoms. The lowest BCUT2D eigenvalue weighted by molar-refractivity contribution is 0.584. The summed E-state index contributed by atoms with van der Waals surface area (Å²) in [6.45, 7) is 4.12. The molecule has 0 bridgehead atoms. The number of pyridine rings is 1. The minimum Gasteiger partial charge on any atom is -0.317 e. The Morgan fingerprint density at radius 2 is 2.23 bits per heavy atom. The van der Waals surface area contributed by atoms with E-state index in [0.717, 1.165) is 5.56 Å². The minimum atomic E-state index is -0.0554. The van der Waals surface area contributed by atoms with Crippen molar-refractivity contribution in [3.63, 3.8) is 0 Å². The Bertz CT molecular complexity index is 306. The average Bonchev–Trinajstić information content (AvgIpc) is 2.15. The standard InChI is InChI=1S/C11H14N2/c1-9(2)11(12)6-5-10-4-3-7-13-8-10/h3-4,7-9,11H,12H2,1-2H3. The van der Waals surface area contributed by atoms with Crippen LogP contribution in [0, 0.1) is 17.8 Å². The lowest BCUT2D eigenvalue weighted by Crippen LogP contribution is -2.23. The lowest BCUT2D eigenvalue weighted by Gasteiger charge is -2.06. The third-order valence-electron chi connectivity index (χ3n) is 1.76. The van der Waals surface area contributed by atoms with Crippen molar-refractivity contribution < 1.29 is 0 Å². The zero-order chi connectivity index (χ0) is 9.68. The van der Waals surface area contributed by atoms with E-state index in [9.17, 15) is 0 Å². The Morgan fingerprint density at radius 1 is 1.46 bits per heavy atom. The molecule has 0 fully saturated rings. The van der Waals surface area contributed by atoms with E-state index in [4.69, 9.17) is 5.73 Å². The van der Waals surface area contributed by atoms with E-state index in [1.54, 1.807) is 12.4 Å². The lowest BCUT2D eigenvalue weighted by atomic mass is 10.1. The molecule has 1 atom stereocenters. The quantitative estimate of drug-likeness (QED) is 0.654. The molecule has 0 amide bonds. The number of hydrogen-bond acceptors (Lipinski definition) is 2. The van der Waals surface area contributed by atoms with Gasteiger partial charge in [-0.1, -0.05) is 25.7 Å². The van der Waals surface area contributed by atoms with Gasteiger partial charge in [0, 0.05) is 18.0 Å². The van der Waals surface area contributed by atoms with E-state index >= 15 is 0 Å². The first-order valence-corrected chi connectivity index (χ1v) is 4.37. The molecule has 2 heteroatoms. The van der Waals surface area contributed by atoms with Gasteiger partial charge in [0.1, 0.15) is 0 Å². The normalized spacial score (nSPS) is 12.0. The summed E-state index contributed by atoms with van der Waals surface area (Å²) in [5.41, 5.74) is 6.69. The van der Waals surface area contributed by atoms with Crippen molar-refractivity contribution in [2.75, 3.05) is 0 Å². The van der Waals surface area contributed by atoms with Crippen LogP contribution in [0.5, 0.6) is 0 Å². The van der Waals surface area contributed by atoms with Gasteiger partial charge in [-0.2, -0.15) is 0 Å². The van der Waals surface area contributed by atoms with Crippen LogP contribution in [0.1, 0.15) is 19.4 Å². The molecule has 2 nitrogen and oxygen atoms in total. The zero-order valence-electron chi connectivity index (χ0n) is 7.99. The predicted molar refractivity (Wildman–Crippen MR) is 53.9 cm³/mol. The third kappa shape index (κ3) is 3.27. The summed E-state index contributed by atoms with van der Waals surface area (Å²) >= 11 is 0. The van der Waals surface area contributed by atoms with Gasteiger partial charge in [0.25, 0.3) is 0 Å². The van der Waals surface area contributed by atoms with Gasteiger partial charge in [0.2, 0.25) is 0 Å². The van der Waals surface area contributed by atoms with Crippen molar-refractivity contribution in [2.45, 2.75) is 19.9 Å². The van der Waals surface area contributed by atoms with Gasteiger partial charge in [0.15, 0.2) is 0 Å². The molecule has 0 aliphatic heterocycles. The molecule has 1 unspecified atom stereocenters. The molecule has 0 aromatic carbocycles. The van der Waals surface area contributed by atoms with Crippen molar-refractivity contribution >= 4 is 0 Å². The number of nitrogens with zero attached hydrogens (tertiary/aromatic N) is 1. The number of nitrogens with two attached hydrogens (primary N) is 1. The predicted octanol–water partition coefficient (Wildman–Crippen LogP) is 1.42. The van der Waals surface area contributed by atoms with E-state index in [1.807, 2.05) is 12.1 Å². The summed E-state index contributed by atoms with van der Waals surface area (Å²) in [7, 11) is 0. The number of rotatable bonds is 1. The van der Waals surface area contributed by atoms with Gasteiger partial charge >= 0.3 is 0 Å². The maximum absolute atomic E-state index is 5.77. The average molecular weight is 174 g/mol. The highest BCUT2D eigenvalue weighted by molar-refractivity contribution is 5.32. The Hall–Kier alpha value is -1.33. The van der Waals surface area contributed by atoms with E-state index in [-0.39, 0.29) is 6.04 Å². The molecular formula is C11H14N2. The van der Waals surface area contributed by atoms with E-state index in [2.05, 4.69) is 30.7 Å². The van der Waals surface area contributed by atoms with Crippen LogP contribution in [0.3, 0.4) is 0 Å². The maximum Gasteiger partial charge on any atom is 0.0691 e. The maximum atomic E-state index is 5.77. The second-order valence-corrected chi connectivity index (χ2v) is 3.28. The van der Waals surface area contributed by atoms with E-state index < -0.39 is 0 Å². The molecule has 0 radical (unpaired) electrons. The molecule has 1 heterocycles. The second-order valence-electron chi connectivity index (χ2n) is 3.28. The molecule has 1 aromatic heterocycles. The van der Waals surface area contributed by atoms with E-state index in [0.29, 0.717) is 5.92 Å². The SMILES string of the molecule is CC(C)C(N)C#Cc1cccnc1. The highest BCUT2D eigenvalue weighted by atomic mass is 14.6. The molecule has 1 aromatic rings. The summed E-state index contributed by atoms with van der Waals surface area (Å²) in [5.74, 6) is 6.37. The Morgan fingerprint density at radius 3 is 2.77 bits per heavy atom. The van der Waals surface area contributed by atoms with Gasteiger partial charge in [-0.3, -0.25) is 4.98 Å². The van der Waals surface area contributed by atoms with Gasteiger partial charge in [-0.15, -0.1) is 0 Å². The van der Waals surface area contributed by atoms with Crippen molar-refractivity contribution in [2.24, 2.45) is 11.7 Å². The summed E-state index contributed by atoms with van der Waals surface area (Å²) in [6.07, 6.45) is 3.47. The molecule has 68 valence electrons. The fourth-order valence-electron chi connectivity index (χ4n) is 0.770. The van der Waals surface area contributed by atoms with Crippen LogP contribution in [0.25, 0.3) is 0 Å². The van der Waals surface area contributed by atoms with Crippen LogP contribution >= 0.6 is 0 Å². The molecule has 0 aliphatic carbocycles. The molecule has 0 saturated heterocycles. The molecule has 2 N–H and O–H groups in total. The molecule has 0 spiro atoms. The van der Waals surface area contributed by atoms with Crippen LogP contribution in [0.15, 0.2) is 24.5 Å². The highest BCUT2D eigenvalue weighted by Gasteiger charge is 2.01. The monoisotopic (exact) mass is 174 g/mol. The first-order valence-electron chi connectivity index (χ1n) is 4.37. The largest absolute Gasteiger partial charge is 0.317 e. The van der Waals surface area contributed by atoms with E-state index in [1.165, 1.54) is 0 Å². The summed E-state index contributed by atoms with van der Waals surface area (Å²) in [5, 5.41) is 0. The van der Waals surface area contributed by atoms with Gasteiger partial charge < -0.3 is 5.73 Å². The highest BCUT2D eigenvalue weighted by Crippen LogP contribution is 1.97. The second kappa shape index (κ2) is 4.64. The van der Waals surface area contributed by atoms with Crippen LogP contribution < -0.4 is 5.73 Å². The summed E-state index contributed by atoms with van der Waals surface area (Å²) in [4.78, 5) is 3.96. The van der Waals surface area contributed by atoms with Crippen LogP contribution in [0.4, 0.5) is 0 Å². The minimum absolute atomic E-state index is 0.0554. The van der Waals surface area contributed by atoms with Crippen LogP contribution in [-0.4, -0.2) is 11.0 Å². The van der Waals surface area contributed by atoms with Crippen molar-refractivity contribution in [3.8, 4) is 11.8 Å². The number of aromatic nitrogens is 1. The van der Waals surface area contributed by atoms with Crippen molar-refractivity contribution in [1.82, 2.24) is 4.98 Å². The first-order chi connectivity index (χ1) is 6.20. The molecule has 0 aliphatic rings. The fraction of sp³-hybridized carbons (Fsp3) is 0.364. The van der Waals surface area contributed by atoms with Crippen molar-refractivity contribution in [3.05, 3.63) is 30.1 Å². The van der Waals surface area contributed by atoms with Crippen LogP contribution in [-0.2, 0) is 0 Å². The molecular weight excluding hydrogens is 160 g/mol. The van der Waals surface area contributed by atoms with Gasteiger partial charge in [-0.25, -0.2) is 0 Å². The summed E-state index contributed by atoms with van der Waals surface area (Å²) in [6, 6.07) is 3.73. The zero-order valence-corrected chi connectivity index (χ0v) is 7.99. The molecule has 0 saturated carbocycles. The Balaban J connectivity index is 2.68.